The third kappa shape index (κ3) is 5.22. The van der Waals surface area contributed by atoms with Crippen LogP contribution < -0.4 is 5.32 Å². The molecule has 1 aliphatic carbocycles. The molecule has 0 aliphatic heterocycles. The van der Waals surface area contributed by atoms with Crippen LogP contribution in [0.2, 0.25) is 0 Å². The Morgan fingerprint density at radius 1 is 1.11 bits per heavy atom. The molecule has 0 heterocycles. The molecule has 1 saturated carbocycles. The highest BCUT2D eigenvalue weighted by atomic mass is 16.3. The zero-order chi connectivity index (χ0) is 13.4. The summed E-state index contributed by atoms with van der Waals surface area (Å²) in [5, 5.41) is 21.8. The first-order valence-electron chi connectivity index (χ1n) is 7.29. The van der Waals surface area contributed by atoms with Gasteiger partial charge in [-0.05, 0) is 18.3 Å². The lowest BCUT2D eigenvalue weighted by atomic mass is 9.85. The minimum atomic E-state index is 0.174. The van der Waals surface area contributed by atoms with Gasteiger partial charge in [0.1, 0.15) is 0 Å². The van der Waals surface area contributed by atoms with Crippen LogP contribution in [0.5, 0.6) is 0 Å². The Morgan fingerprint density at radius 3 is 2.11 bits per heavy atom. The van der Waals surface area contributed by atoms with Gasteiger partial charge in [-0.3, -0.25) is 4.90 Å². The molecule has 0 bridgehead atoms. The molecule has 0 aromatic carbocycles. The molecule has 1 rings (SSSR count). The molecule has 108 valence electrons. The maximum atomic E-state index is 9.10. The van der Waals surface area contributed by atoms with Gasteiger partial charge in [0.2, 0.25) is 0 Å². The normalized spacial score (nSPS) is 19.0. The second-order valence-electron chi connectivity index (χ2n) is 5.97. The van der Waals surface area contributed by atoms with E-state index in [9.17, 15) is 0 Å². The maximum Gasteiger partial charge on any atom is 0.0558 e. The van der Waals surface area contributed by atoms with E-state index in [2.05, 4.69) is 24.1 Å². The standard InChI is InChI=1S/C14H30N2O2/c1-13(2)15-11-14(5-3-4-6-14)12-16(7-9-17)8-10-18/h13,15,17-18H,3-12H2,1-2H3. The number of aliphatic hydroxyl groups excluding tert-OH is 2. The summed E-state index contributed by atoms with van der Waals surface area (Å²) in [5.41, 5.74) is 0.342. The zero-order valence-corrected chi connectivity index (χ0v) is 12.0. The van der Waals surface area contributed by atoms with Gasteiger partial charge in [0.15, 0.2) is 0 Å². The van der Waals surface area contributed by atoms with Gasteiger partial charge in [0.25, 0.3) is 0 Å². The number of rotatable bonds is 9. The van der Waals surface area contributed by atoms with Crippen LogP contribution in [0.25, 0.3) is 0 Å². The van der Waals surface area contributed by atoms with Crippen LogP contribution >= 0.6 is 0 Å². The summed E-state index contributed by atoms with van der Waals surface area (Å²) in [5.74, 6) is 0. The second kappa shape index (κ2) is 8.10. The van der Waals surface area contributed by atoms with E-state index in [-0.39, 0.29) is 13.2 Å². The molecule has 1 fully saturated rings. The van der Waals surface area contributed by atoms with Crippen molar-refractivity contribution in [1.29, 1.82) is 0 Å². The Balaban J connectivity index is 2.53. The molecule has 4 nitrogen and oxygen atoms in total. The Morgan fingerprint density at radius 2 is 1.67 bits per heavy atom. The molecular formula is C14H30N2O2. The average molecular weight is 258 g/mol. The van der Waals surface area contributed by atoms with Crippen LogP contribution in [0.1, 0.15) is 39.5 Å². The van der Waals surface area contributed by atoms with E-state index < -0.39 is 0 Å². The largest absolute Gasteiger partial charge is 0.395 e. The van der Waals surface area contributed by atoms with E-state index in [1.54, 1.807) is 0 Å². The van der Waals surface area contributed by atoms with Crippen LogP contribution in [0.3, 0.4) is 0 Å². The third-order valence-corrected chi connectivity index (χ3v) is 3.94. The quantitative estimate of drug-likeness (QED) is 0.573. The Labute approximate surface area is 111 Å². The van der Waals surface area contributed by atoms with Gasteiger partial charge in [0.05, 0.1) is 13.2 Å². The summed E-state index contributed by atoms with van der Waals surface area (Å²) in [6.45, 7) is 8.10. The second-order valence-corrected chi connectivity index (χ2v) is 5.97. The lowest BCUT2D eigenvalue weighted by molar-refractivity contribution is 0.104. The van der Waals surface area contributed by atoms with E-state index >= 15 is 0 Å². The van der Waals surface area contributed by atoms with Crippen LogP contribution in [0, 0.1) is 5.41 Å². The SMILES string of the molecule is CC(C)NCC1(CN(CCO)CCO)CCCC1. The molecule has 0 atom stereocenters. The van der Waals surface area contributed by atoms with Gasteiger partial charge in [-0.2, -0.15) is 0 Å². The molecule has 0 aromatic rings. The summed E-state index contributed by atoms with van der Waals surface area (Å²) < 4.78 is 0. The number of nitrogens with zero attached hydrogens (tertiary/aromatic N) is 1. The molecule has 0 saturated heterocycles. The Kier molecular flexibility index (Phi) is 7.15. The van der Waals surface area contributed by atoms with E-state index in [1.807, 2.05) is 0 Å². The third-order valence-electron chi connectivity index (χ3n) is 3.94. The summed E-state index contributed by atoms with van der Waals surface area (Å²) >= 11 is 0. The first kappa shape index (κ1) is 15.9. The molecule has 18 heavy (non-hydrogen) atoms. The van der Waals surface area contributed by atoms with E-state index in [0.29, 0.717) is 24.5 Å². The van der Waals surface area contributed by atoms with Crippen LogP contribution in [0.4, 0.5) is 0 Å². The van der Waals surface area contributed by atoms with Gasteiger partial charge < -0.3 is 15.5 Å². The molecule has 0 spiro atoms. The maximum absolute atomic E-state index is 9.10. The van der Waals surface area contributed by atoms with Crippen molar-refractivity contribution in [1.82, 2.24) is 10.2 Å². The fraction of sp³-hybridized carbons (Fsp3) is 1.00. The summed E-state index contributed by atoms with van der Waals surface area (Å²) in [7, 11) is 0. The van der Waals surface area contributed by atoms with Crippen molar-refractivity contribution < 1.29 is 10.2 Å². The topological polar surface area (TPSA) is 55.7 Å². The van der Waals surface area contributed by atoms with Gasteiger partial charge >= 0.3 is 0 Å². The molecule has 0 amide bonds. The molecule has 1 aliphatic rings. The summed E-state index contributed by atoms with van der Waals surface area (Å²) in [4.78, 5) is 2.20. The Hall–Kier alpha value is -0.160. The van der Waals surface area contributed by atoms with Gasteiger partial charge in [0, 0.05) is 32.2 Å². The molecular weight excluding hydrogens is 228 g/mol. The summed E-state index contributed by atoms with van der Waals surface area (Å²) in [6, 6.07) is 0.520. The van der Waals surface area contributed by atoms with Crippen molar-refractivity contribution in [2.24, 2.45) is 5.41 Å². The van der Waals surface area contributed by atoms with Crippen molar-refractivity contribution in [2.75, 3.05) is 39.4 Å². The van der Waals surface area contributed by atoms with E-state index in [0.717, 1.165) is 13.1 Å². The zero-order valence-electron chi connectivity index (χ0n) is 12.0. The fourth-order valence-corrected chi connectivity index (χ4v) is 2.96. The molecule has 4 heteroatoms. The van der Waals surface area contributed by atoms with Crippen LogP contribution in [-0.4, -0.2) is 60.5 Å². The first-order chi connectivity index (χ1) is 8.62. The molecule has 0 unspecified atom stereocenters. The molecule has 0 aromatic heterocycles. The lowest BCUT2D eigenvalue weighted by Crippen LogP contribution is -2.45. The smallest absolute Gasteiger partial charge is 0.0558 e. The number of nitrogens with one attached hydrogen (secondary N) is 1. The van der Waals surface area contributed by atoms with Crippen molar-refractivity contribution in [3.8, 4) is 0 Å². The van der Waals surface area contributed by atoms with Crippen molar-refractivity contribution in [2.45, 2.75) is 45.6 Å². The predicted molar refractivity (Wildman–Crippen MR) is 74.7 cm³/mol. The number of hydrogen-bond donors (Lipinski definition) is 3. The Bertz CT molecular complexity index is 210. The van der Waals surface area contributed by atoms with E-state index in [1.165, 1.54) is 25.7 Å². The van der Waals surface area contributed by atoms with Gasteiger partial charge in [-0.15, -0.1) is 0 Å². The monoisotopic (exact) mass is 258 g/mol. The highest BCUT2D eigenvalue weighted by Gasteiger charge is 2.35. The van der Waals surface area contributed by atoms with Crippen molar-refractivity contribution in [3.63, 3.8) is 0 Å². The van der Waals surface area contributed by atoms with Crippen LogP contribution in [0.15, 0.2) is 0 Å². The van der Waals surface area contributed by atoms with E-state index in [4.69, 9.17) is 10.2 Å². The summed E-state index contributed by atoms with van der Waals surface area (Å²) in [6.07, 6.45) is 5.15. The number of hydrogen-bond acceptors (Lipinski definition) is 4. The molecule has 0 radical (unpaired) electrons. The van der Waals surface area contributed by atoms with Gasteiger partial charge in [-0.1, -0.05) is 26.7 Å². The minimum absolute atomic E-state index is 0.174. The lowest BCUT2D eigenvalue weighted by Gasteiger charge is -2.36. The average Bonchev–Trinajstić information content (AvgIpc) is 2.76. The van der Waals surface area contributed by atoms with Crippen molar-refractivity contribution in [3.05, 3.63) is 0 Å². The minimum Gasteiger partial charge on any atom is -0.395 e. The fourth-order valence-electron chi connectivity index (χ4n) is 2.96. The highest BCUT2D eigenvalue weighted by molar-refractivity contribution is 4.90. The number of aliphatic hydroxyl groups is 2. The molecule has 3 N–H and O–H groups in total. The predicted octanol–water partition coefficient (Wildman–Crippen LogP) is 0.831. The van der Waals surface area contributed by atoms with Crippen molar-refractivity contribution >= 4 is 0 Å². The van der Waals surface area contributed by atoms with Gasteiger partial charge in [-0.25, -0.2) is 0 Å². The highest BCUT2D eigenvalue weighted by Crippen LogP contribution is 2.38. The first-order valence-corrected chi connectivity index (χ1v) is 7.29. The van der Waals surface area contributed by atoms with Crippen LogP contribution in [-0.2, 0) is 0 Å².